The van der Waals surface area contributed by atoms with Crippen molar-refractivity contribution in [3.63, 3.8) is 0 Å². The smallest absolute Gasteiger partial charge is 0.293 e. The van der Waals surface area contributed by atoms with E-state index in [2.05, 4.69) is 27.5 Å². The first-order valence-corrected chi connectivity index (χ1v) is 7.54. The lowest BCUT2D eigenvalue weighted by atomic mass is 9.96. The molecular weight excluding hydrogens is 357 g/mol. The van der Waals surface area contributed by atoms with E-state index in [1.807, 2.05) is 19.1 Å². The largest absolute Gasteiger partial charge is 0.361 e. The Morgan fingerprint density at radius 3 is 2.89 bits per heavy atom. The van der Waals surface area contributed by atoms with Crippen molar-refractivity contribution in [3.05, 3.63) is 31.9 Å². The van der Waals surface area contributed by atoms with E-state index in [0.29, 0.717) is 5.69 Å². The van der Waals surface area contributed by atoms with E-state index >= 15 is 0 Å². The molecule has 0 amide bonds. The zero-order chi connectivity index (χ0) is 14.0. The van der Waals surface area contributed by atoms with Crippen molar-refractivity contribution in [1.29, 1.82) is 0 Å². The van der Waals surface area contributed by atoms with Gasteiger partial charge in [0.25, 0.3) is 5.69 Å². The van der Waals surface area contributed by atoms with Crippen LogP contribution >= 0.6 is 22.6 Å². The normalized spacial score (nSPS) is 21.2. The topological polar surface area (TPSA) is 72.4 Å². The molecule has 2 unspecified atom stereocenters. The predicted molar refractivity (Wildman–Crippen MR) is 84.4 cm³/mol. The summed E-state index contributed by atoms with van der Waals surface area (Å²) in [5, 5.41) is 11.2. The van der Waals surface area contributed by atoms with Crippen molar-refractivity contribution in [2.24, 2.45) is 5.73 Å². The van der Waals surface area contributed by atoms with Gasteiger partial charge < -0.3 is 10.6 Å². The summed E-state index contributed by atoms with van der Waals surface area (Å²) < 4.78 is 0.877. The van der Waals surface area contributed by atoms with Gasteiger partial charge in [-0.1, -0.05) is 0 Å². The van der Waals surface area contributed by atoms with Crippen LogP contribution in [0.15, 0.2) is 18.2 Å². The number of benzene rings is 1. The van der Waals surface area contributed by atoms with E-state index < -0.39 is 0 Å². The van der Waals surface area contributed by atoms with E-state index in [9.17, 15) is 10.1 Å². The van der Waals surface area contributed by atoms with Gasteiger partial charge in [-0.05, 0) is 60.9 Å². The molecule has 1 aliphatic rings. The number of halogens is 1. The zero-order valence-corrected chi connectivity index (χ0v) is 13.0. The Bertz CT molecular complexity index is 479. The molecule has 1 saturated heterocycles. The first kappa shape index (κ1) is 14.5. The molecule has 1 aliphatic heterocycles. The van der Waals surface area contributed by atoms with Gasteiger partial charge in [0.1, 0.15) is 5.69 Å². The van der Waals surface area contributed by atoms with Crippen LogP contribution in [0.4, 0.5) is 11.4 Å². The summed E-state index contributed by atoms with van der Waals surface area (Å²) in [4.78, 5) is 13.0. The van der Waals surface area contributed by atoms with Gasteiger partial charge in [-0.2, -0.15) is 0 Å². The number of nitrogens with zero attached hydrogens (tertiary/aromatic N) is 2. The Hall–Kier alpha value is -0.890. The van der Waals surface area contributed by atoms with Crippen LogP contribution in [0.25, 0.3) is 0 Å². The quantitative estimate of drug-likeness (QED) is 0.501. The maximum absolute atomic E-state index is 11.2. The summed E-state index contributed by atoms with van der Waals surface area (Å²) in [6, 6.07) is 5.59. The van der Waals surface area contributed by atoms with Gasteiger partial charge in [0.05, 0.1) is 4.92 Å². The predicted octanol–water partition coefficient (Wildman–Crippen LogP) is 2.91. The molecule has 2 N–H and O–H groups in total. The Labute approximate surface area is 126 Å². The molecule has 5 nitrogen and oxygen atoms in total. The van der Waals surface area contributed by atoms with E-state index in [0.717, 1.165) is 29.4 Å². The standard InChI is InChI=1S/C13H18IN3O2/c1-9(15)11-4-2-3-7-16(11)12-6-5-10(14)8-13(12)17(18)19/h5-6,8-9,11H,2-4,7,15H2,1H3. The highest BCUT2D eigenvalue weighted by Gasteiger charge is 2.30. The molecule has 1 aromatic rings. The molecule has 0 saturated carbocycles. The van der Waals surface area contributed by atoms with Gasteiger partial charge in [-0.3, -0.25) is 10.1 Å². The van der Waals surface area contributed by atoms with E-state index in [4.69, 9.17) is 5.73 Å². The molecule has 0 aliphatic carbocycles. The average Bonchev–Trinajstić information content (AvgIpc) is 2.38. The van der Waals surface area contributed by atoms with Crippen LogP contribution in [0.3, 0.4) is 0 Å². The lowest BCUT2D eigenvalue weighted by Gasteiger charge is -2.39. The third-order valence-corrected chi connectivity index (χ3v) is 4.27. The molecule has 2 rings (SSSR count). The van der Waals surface area contributed by atoms with Crippen molar-refractivity contribution >= 4 is 34.0 Å². The summed E-state index contributed by atoms with van der Waals surface area (Å²) in [7, 11) is 0. The van der Waals surface area contributed by atoms with Gasteiger partial charge >= 0.3 is 0 Å². The number of hydrogen-bond donors (Lipinski definition) is 1. The third-order valence-electron chi connectivity index (χ3n) is 3.60. The van der Waals surface area contributed by atoms with Crippen LogP contribution in [0.1, 0.15) is 26.2 Å². The molecule has 1 heterocycles. The monoisotopic (exact) mass is 375 g/mol. The minimum absolute atomic E-state index is 0.0131. The Morgan fingerprint density at radius 2 is 2.26 bits per heavy atom. The minimum atomic E-state index is -0.301. The molecule has 1 fully saturated rings. The van der Waals surface area contributed by atoms with Crippen LogP contribution < -0.4 is 10.6 Å². The summed E-state index contributed by atoms with van der Waals surface area (Å²) in [5.41, 5.74) is 6.92. The Kier molecular flexibility index (Phi) is 4.62. The number of piperidine rings is 1. The van der Waals surface area contributed by atoms with Crippen molar-refractivity contribution in [3.8, 4) is 0 Å². The highest BCUT2D eigenvalue weighted by atomic mass is 127. The fourth-order valence-electron chi connectivity index (χ4n) is 2.69. The number of rotatable bonds is 3. The second-order valence-corrected chi connectivity index (χ2v) is 6.25. The highest BCUT2D eigenvalue weighted by Crippen LogP contribution is 2.34. The first-order valence-electron chi connectivity index (χ1n) is 6.47. The van der Waals surface area contributed by atoms with Gasteiger partial charge in [0.15, 0.2) is 0 Å². The molecule has 2 atom stereocenters. The summed E-state index contributed by atoms with van der Waals surface area (Å²) in [6.07, 6.45) is 3.20. The van der Waals surface area contributed by atoms with Crippen LogP contribution in [-0.4, -0.2) is 23.6 Å². The van der Waals surface area contributed by atoms with Gasteiger partial charge in [-0.15, -0.1) is 0 Å². The lowest BCUT2D eigenvalue weighted by Crippen LogP contribution is -2.49. The number of nitrogens with two attached hydrogens (primary N) is 1. The number of nitro benzene ring substituents is 1. The molecular formula is C13H18IN3O2. The van der Waals surface area contributed by atoms with Crippen LogP contribution in [-0.2, 0) is 0 Å². The lowest BCUT2D eigenvalue weighted by molar-refractivity contribution is -0.384. The second-order valence-electron chi connectivity index (χ2n) is 5.01. The van der Waals surface area contributed by atoms with E-state index in [-0.39, 0.29) is 22.7 Å². The number of anilines is 1. The van der Waals surface area contributed by atoms with Crippen molar-refractivity contribution < 1.29 is 4.92 Å². The fraction of sp³-hybridized carbons (Fsp3) is 0.538. The Morgan fingerprint density at radius 1 is 1.53 bits per heavy atom. The van der Waals surface area contributed by atoms with Crippen molar-refractivity contribution in [1.82, 2.24) is 0 Å². The number of nitro groups is 1. The van der Waals surface area contributed by atoms with Gasteiger partial charge in [0, 0.05) is 28.3 Å². The molecule has 0 radical (unpaired) electrons. The van der Waals surface area contributed by atoms with Crippen molar-refractivity contribution in [2.45, 2.75) is 38.3 Å². The number of hydrogen-bond acceptors (Lipinski definition) is 4. The van der Waals surface area contributed by atoms with Gasteiger partial charge in [-0.25, -0.2) is 0 Å². The Balaban J connectivity index is 2.41. The van der Waals surface area contributed by atoms with Crippen LogP contribution in [0.2, 0.25) is 0 Å². The average molecular weight is 375 g/mol. The van der Waals surface area contributed by atoms with Crippen molar-refractivity contribution in [2.75, 3.05) is 11.4 Å². The summed E-state index contributed by atoms with van der Waals surface area (Å²) in [6.45, 7) is 2.81. The molecule has 0 aromatic heterocycles. The third kappa shape index (κ3) is 3.17. The molecule has 0 spiro atoms. The molecule has 1 aromatic carbocycles. The van der Waals surface area contributed by atoms with Crippen LogP contribution in [0, 0.1) is 13.7 Å². The van der Waals surface area contributed by atoms with Crippen LogP contribution in [0.5, 0.6) is 0 Å². The second kappa shape index (κ2) is 6.04. The first-order chi connectivity index (χ1) is 9.00. The SMILES string of the molecule is CC(N)C1CCCCN1c1ccc(I)cc1[N+](=O)[O-]. The highest BCUT2D eigenvalue weighted by molar-refractivity contribution is 14.1. The summed E-state index contributed by atoms with van der Waals surface area (Å²) in [5.74, 6) is 0. The fourth-order valence-corrected chi connectivity index (χ4v) is 3.16. The molecule has 19 heavy (non-hydrogen) atoms. The molecule has 0 bridgehead atoms. The van der Waals surface area contributed by atoms with E-state index in [1.54, 1.807) is 6.07 Å². The summed E-state index contributed by atoms with van der Waals surface area (Å²) >= 11 is 2.10. The molecule has 6 heteroatoms. The maximum Gasteiger partial charge on any atom is 0.293 e. The molecule has 104 valence electrons. The zero-order valence-electron chi connectivity index (χ0n) is 10.9. The van der Waals surface area contributed by atoms with Gasteiger partial charge in [0.2, 0.25) is 0 Å². The van der Waals surface area contributed by atoms with E-state index in [1.165, 1.54) is 0 Å². The minimum Gasteiger partial charge on any atom is -0.361 e. The maximum atomic E-state index is 11.2.